The first-order chi connectivity index (χ1) is 14.9. The van der Waals surface area contributed by atoms with Gasteiger partial charge < -0.3 is 10.3 Å². The van der Waals surface area contributed by atoms with E-state index in [-0.39, 0.29) is 11.3 Å². The summed E-state index contributed by atoms with van der Waals surface area (Å²) in [5, 5.41) is 2.80. The Morgan fingerprint density at radius 3 is 2.13 bits per heavy atom. The zero-order chi connectivity index (χ0) is 22.0. The SMILES string of the molecule is Cc1ccc(NC(=O)c2c(-c3ccc(C)cc3)cc(C3(F)CCCCC3)[nH]c2=O)cc1. The largest absolute Gasteiger partial charge is 0.322 e. The summed E-state index contributed by atoms with van der Waals surface area (Å²) in [4.78, 5) is 28.9. The first-order valence-electron chi connectivity index (χ1n) is 10.8. The minimum atomic E-state index is -1.57. The third-order valence-electron chi connectivity index (χ3n) is 6.06. The van der Waals surface area contributed by atoms with Crippen molar-refractivity contribution in [2.75, 3.05) is 5.32 Å². The molecule has 1 aliphatic rings. The lowest BCUT2D eigenvalue weighted by molar-refractivity contribution is 0.0991. The molecule has 0 atom stereocenters. The number of benzene rings is 2. The Morgan fingerprint density at radius 2 is 1.52 bits per heavy atom. The Kier molecular flexibility index (Phi) is 5.77. The van der Waals surface area contributed by atoms with Crippen molar-refractivity contribution in [2.45, 2.75) is 51.6 Å². The number of alkyl halides is 1. The molecule has 4 rings (SSSR count). The van der Waals surface area contributed by atoms with Crippen LogP contribution in [0.5, 0.6) is 0 Å². The number of pyridine rings is 1. The average molecular weight is 419 g/mol. The van der Waals surface area contributed by atoms with Gasteiger partial charge in [-0.15, -0.1) is 0 Å². The van der Waals surface area contributed by atoms with Gasteiger partial charge in [0.25, 0.3) is 11.5 Å². The standard InChI is InChI=1S/C26H27FN2O2/c1-17-6-10-19(11-7-17)21-16-22(26(27)14-4-3-5-15-26)29-25(31)23(21)24(30)28-20-12-8-18(2)9-13-20/h6-13,16H,3-5,14-15H2,1-2H3,(H,28,30)(H,29,31). The number of aromatic nitrogens is 1. The molecule has 1 heterocycles. The van der Waals surface area contributed by atoms with Gasteiger partial charge in [0, 0.05) is 11.3 Å². The number of carbonyl (C=O) groups is 1. The Morgan fingerprint density at radius 1 is 0.935 bits per heavy atom. The van der Waals surface area contributed by atoms with Gasteiger partial charge in [0.1, 0.15) is 5.56 Å². The van der Waals surface area contributed by atoms with Gasteiger partial charge in [-0.3, -0.25) is 9.59 Å². The average Bonchev–Trinajstić information content (AvgIpc) is 2.76. The predicted molar refractivity (Wildman–Crippen MR) is 122 cm³/mol. The van der Waals surface area contributed by atoms with Crippen molar-refractivity contribution in [3.05, 3.63) is 87.3 Å². The molecule has 1 aromatic heterocycles. The zero-order valence-corrected chi connectivity index (χ0v) is 17.9. The van der Waals surface area contributed by atoms with E-state index in [0.717, 1.165) is 30.4 Å². The van der Waals surface area contributed by atoms with Crippen LogP contribution >= 0.6 is 0 Å². The minimum absolute atomic E-state index is 0.00686. The smallest absolute Gasteiger partial charge is 0.261 e. The van der Waals surface area contributed by atoms with Crippen LogP contribution < -0.4 is 10.9 Å². The quantitative estimate of drug-likeness (QED) is 0.543. The summed E-state index contributed by atoms with van der Waals surface area (Å²) in [6.07, 6.45) is 3.33. The van der Waals surface area contributed by atoms with Crippen LogP contribution in [-0.4, -0.2) is 10.9 Å². The summed E-state index contributed by atoms with van der Waals surface area (Å²) in [5.41, 5.74) is 2.02. The van der Waals surface area contributed by atoms with Crippen molar-refractivity contribution in [3.63, 3.8) is 0 Å². The molecule has 0 unspecified atom stereocenters. The summed E-state index contributed by atoms with van der Waals surface area (Å²) in [7, 11) is 0. The van der Waals surface area contributed by atoms with Crippen LogP contribution in [0.3, 0.4) is 0 Å². The third-order valence-corrected chi connectivity index (χ3v) is 6.06. The van der Waals surface area contributed by atoms with Gasteiger partial charge in [-0.1, -0.05) is 53.9 Å². The van der Waals surface area contributed by atoms with Crippen LogP contribution in [0.2, 0.25) is 0 Å². The van der Waals surface area contributed by atoms with E-state index in [1.165, 1.54) is 0 Å². The van der Waals surface area contributed by atoms with Gasteiger partial charge in [0.2, 0.25) is 0 Å². The monoisotopic (exact) mass is 418 g/mol. The molecule has 3 aromatic rings. The normalized spacial score (nSPS) is 15.5. The van der Waals surface area contributed by atoms with Gasteiger partial charge in [-0.25, -0.2) is 4.39 Å². The van der Waals surface area contributed by atoms with Crippen LogP contribution in [0.1, 0.15) is 59.3 Å². The molecule has 1 fully saturated rings. The van der Waals surface area contributed by atoms with E-state index in [9.17, 15) is 9.59 Å². The Bertz CT molecular complexity index is 1140. The molecule has 0 spiro atoms. The number of nitrogens with one attached hydrogen (secondary N) is 2. The summed E-state index contributed by atoms with van der Waals surface area (Å²) in [6, 6.07) is 16.6. The highest BCUT2D eigenvalue weighted by Crippen LogP contribution is 2.40. The number of halogens is 1. The summed E-state index contributed by atoms with van der Waals surface area (Å²) in [5.74, 6) is -0.510. The van der Waals surface area contributed by atoms with Crippen molar-refractivity contribution in [2.24, 2.45) is 0 Å². The van der Waals surface area contributed by atoms with Crippen molar-refractivity contribution < 1.29 is 9.18 Å². The van der Waals surface area contributed by atoms with E-state index >= 15 is 4.39 Å². The fourth-order valence-electron chi connectivity index (χ4n) is 4.20. The molecule has 4 nitrogen and oxygen atoms in total. The third kappa shape index (κ3) is 4.46. The molecule has 1 aliphatic carbocycles. The van der Waals surface area contributed by atoms with E-state index in [1.807, 2.05) is 50.2 Å². The molecule has 0 aliphatic heterocycles. The van der Waals surface area contributed by atoms with E-state index in [4.69, 9.17) is 0 Å². The van der Waals surface area contributed by atoms with Crippen molar-refractivity contribution in [1.29, 1.82) is 0 Å². The molecule has 1 saturated carbocycles. The number of hydrogen-bond donors (Lipinski definition) is 2. The number of anilines is 1. The number of H-pyrrole nitrogens is 1. The zero-order valence-electron chi connectivity index (χ0n) is 17.9. The van der Waals surface area contributed by atoms with Crippen LogP contribution in [-0.2, 0) is 5.67 Å². The summed E-state index contributed by atoms with van der Waals surface area (Å²) in [6.45, 7) is 3.93. The first kappa shape index (κ1) is 21.0. The second-order valence-corrected chi connectivity index (χ2v) is 8.51. The minimum Gasteiger partial charge on any atom is -0.322 e. The second kappa shape index (κ2) is 8.50. The molecule has 2 aromatic carbocycles. The molecule has 160 valence electrons. The highest BCUT2D eigenvalue weighted by atomic mass is 19.1. The molecule has 0 saturated heterocycles. The molecule has 0 radical (unpaired) electrons. The molecule has 1 amide bonds. The number of rotatable bonds is 4. The maximum atomic E-state index is 15.7. The first-order valence-corrected chi connectivity index (χ1v) is 10.8. The number of amides is 1. The van der Waals surface area contributed by atoms with Crippen molar-refractivity contribution in [3.8, 4) is 11.1 Å². The molecule has 0 bridgehead atoms. The Balaban J connectivity index is 1.81. The van der Waals surface area contributed by atoms with E-state index < -0.39 is 17.1 Å². The number of hydrogen-bond acceptors (Lipinski definition) is 2. The van der Waals surface area contributed by atoms with Gasteiger partial charge in [-0.05, 0) is 63.3 Å². The Hall–Kier alpha value is -3.21. The van der Waals surface area contributed by atoms with Gasteiger partial charge in [0.05, 0.1) is 5.69 Å². The fraction of sp³-hybridized carbons (Fsp3) is 0.308. The summed E-state index contributed by atoms with van der Waals surface area (Å²) >= 11 is 0. The maximum absolute atomic E-state index is 15.7. The van der Waals surface area contributed by atoms with Gasteiger partial charge in [0.15, 0.2) is 5.67 Å². The van der Waals surface area contributed by atoms with Crippen LogP contribution in [0.4, 0.5) is 10.1 Å². The lowest BCUT2D eigenvalue weighted by Gasteiger charge is -2.30. The molecular formula is C26H27FN2O2. The molecule has 2 N–H and O–H groups in total. The lowest BCUT2D eigenvalue weighted by Crippen LogP contribution is -2.31. The summed E-state index contributed by atoms with van der Waals surface area (Å²) < 4.78 is 15.7. The van der Waals surface area contributed by atoms with Gasteiger partial charge in [-0.2, -0.15) is 0 Å². The number of aromatic amines is 1. The lowest BCUT2D eigenvalue weighted by atomic mass is 9.82. The fourth-order valence-corrected chi connectivity index (χ4v) is 4.20. The highest BCUT2D eigenvalue weighted by Gasteiger charge is 2.36. The van der Waals surface area contributed by atoms with Crippen molar-refractivity contribution in [1.82, 2.24) is 4.98 Å². The molecular weight excluding hydrogens is 391 g/mol. The highest BCUT2D eigenvalue weighted by molar-refractivity contribution is 6.08. The second-order valence-electron chi connectivity index (χ2n) is 8.51. The maximum Gasteiger partial charge on any atom is 0.261 e. The topological polar surface area (TPSA) is 62.0 Å². The van der Waals surface area contributed by atoms with Crippen LogP contribution in [0.25, 0.3) is 11.1 Å². The Labute approximate surface area is 181 Å². The van der Waals surface area contributed by atoms with E-state index in [1.54, 1.807) is 18.2 Å². The molecule has 31 heavy (non-hydrogen) atoms. The molecule has 5 heteroatoms. The van der Waals surface area contributed by atoms with Gasteiger partial charge >= 0.3 is 0 Å². The number of aryl methyl sites for hydroxylation is 2. The predicted octanol–water partition coefficient (Wildman–Crippen LogP) is 6.04. The van der Waals surface area contributed by atoms with Crippen molar-refractivity contribution >= 4 is 11.6 Å². The van der Waals surface area contributed by atoms with Crippen LogP contribution in [0, 0.1) is 13.8 Å². The van der Waals surface area contributed by atoms with E-state index in [0.29, 0.717) is 29.7 Å². The number of carbonyl (C=O) groups excluding carboxylic acids is 1. The van der Waals surface area contributed by atoms with E-state index in [2.05, 4.69) is 10.3 Å². The van der Waals surface area contributed by atoms with Crippen LogP contribution in [0.15, 0.2) is 59.4 Å².